The Kier molecular flexibility index (Phi) is 5.74. The van der Waals surface area contributed by atoms with Crippen molar-refractivity contribution >= 4 is 22.3 Å². The van der Waals surface area contributed by atoms with Gasteiger partial charge in [-0.3, -0.25) is 9.80 Å². The number of aromatic nitrogens is 1. The number of pyridine rings is 1. The van der Waals surface area contributed by atoms with Gasteiger partial charge < -0.3 is 11.1 Å². The van der Waals surface area contributed by atoms with Gasteiger partial charge in [0.1, 0.15) is 11.6 Å². The minimum absolute atomic E-state index is 0.148. The fourth-order valence-electron chi connectivity index (χ4n) is 5.42. The SMILES string of the molecule is CC(C)N1CC2CC1CN2CCc1ccc(CNc2cccc3c(N)nccc23)c(F)c1. The molecule has 1 aromatic heterocycles. The number of nitrogens with two attached hydrogens (primary N) is 1. The molecule has 2 atom stereocenters. The largest absolute Gasteiger partial charge is 0.383 e. The van der Waals surface area contributed by atoms with Crippen LogP contribution in [-0.4, -0.2) is 52.5 Å². The van der Waals surface area contributed by atoms with Crippen molar-refractivity contribution in [3.8, 4) is 0 Å². The summed E-state index contributed by atoms with van der Waals surface area (Å²) in [5.74, 6) is 0.357. The molecular weight excluding hydrogens is 401 g/mol. The van der Waals surface area contributed by atoms with Gasteiger partial charge in [-0.25, -0.2) is 9.37 Å². The summed E-state index contributed by atoms with van der Waals surface area (Å²) in [6.07, 6.45) is 3.88. The molecule has 0 spiro atoms. The molecule has 6 heteroatoms. The summed E-state index contributed by atoms with van der Waals surface area (Å²) in [5, 5.41) is 5.26. The molecule has 2 bridgehead atoms. The Morgan fingerprint density at radius 2 is 2.00 bits per heavy atom. The number of benzene rings is 2. The molecule has 2 unspecified atom stereocenters. The third-order valence-corrected chi connectivity index (χ3v) is 7.17. The minimum atomic E-state index is -0.148. The number of anilines is 2. The standard InChI is InChI=1S/C26H32FN5/c1-17(2)32-16-20-13-21(32)15-31(20)11-9-18-6-7-19(24(27)12-18)14-30-25-5-3-4-23-22(25)8-10-29-26(23)28/h3-8,10,12,17,20-21,30H,9,11,13-16H2,1-2H3,(H2,28,29). The minimum Gasteiger partial charge on any atom is -0.383 e. The number of halogens is 1. The molecule has 2 aliphatic rings. The second-order valence-corrected chi connectivity index (χ2v) is 9.46. The summed E-state index contributed by atoms with van der Waals surface area (Å²) in [5.41, 5.74) is 8.65. The van der Waals surface area contributed by atoms with Gasteiger partial charge in [0.05, 0.1) is 0 Å². The van der Waals surface area contributed by atoms with Gasteiger partial charge in [0.15, 0.2) is 0 Å². The molecule has 2 aliphatic heterocycles. The van der Waals surface area contributed by atoms with Gasteiger partial charge in [-0.15, -0.1) is 0 Å². The second-order valence-electron chi connectivity index (χ2n) is 9.46. The van der Waals surface area contributed by atoms with E-state index in [0.717, 1.165) is 41.5 Å². The zero-order valence-electron chi connectivity index (χ0n) is 18.9. The zero-order chi connectivity index (χ0) is 22.2. The van der Waals surface area contributed by atoms with Crippen LogP contribution in [0.3, 0.4) is 0 Å². The molecule has 5 rings (SSSR count). The van der Waals surface area contributed by atoms with E-state index in [-0.39, 0.29) is 5.82 Å². The molecule has 2 fully saturated rings. The monoisotopic (exact) mass is 433 g/mol. The summed E-state index contributed by atoms with van der Waals surface area (Å²) < 4.78 is 14.8. The van der Waals surface area contributed by atoms with Crippen LogP contribution in [0.1, 0.15) is 31.4 Å². The normalized spacial score (nSPS) is 21.1. The maximum atomic E-state index is 14.8. The first-order valence-corrected chi connectivity index (χ1v) is 11.6. The molecule has 32 heavy (non-hydrogen) atoms. The van der Waals surface area contributed by atoms with Crippen LogP contribution in [0, 0.1) is 5.82 Å². The lowest BCUT2D eigenvalue weighted by molar-refractivity contribution is 0.105. The average molecular weight is 434 g/mol. The van der Waals surface area contributed by atoms with Crippen LogP contribution >= 0.6 is 0 Å². The molecule has 5 nitrogen and oxygen atoms in total. The summed E-state index contributed by atoms with van der Waals surface area (Å²) in [4.78, 5) is 9.37. The van der Waals surface area contributed by atoms with Crippen molar-refractivity contribution in [1.29, 1.82) is 0 Å². The van der Waals surface area contributed by atoms with Gasteiger partial charge in [-0.05, 0) is 50.5 Å². The highest BCUT2D eigenvalue weighted by Gasteiger charge is 2.43. The first kappa shape index (κ1) is 21.2. The number of hydrogen-bond donors (Lipinski definition) is 2. The smallest absolute Gasteiger partial charge is 0.131 e. The highest BCUT2D eigenvalue weighted by Crippen LogP contribution is 2.32. The molecule has 0 amide bonds. The fraction of sp³-hybridized carbons (Fsp3) is 0.423. The van der Waals surface area contributed by atoms with Gasteiger partial charge in [0, 0.05) is 72.5 Å². The zero-order valence-corrected chi connectivity index (χ0v) is 18.9. The molecule has 0 radical (unpaired) electrons. The predicted molar refractivity (Wildman–Crippen MR) is 129 cm³/mol. The number of nitrogen functional groups attached to an aromatic ring is 1. The maximum absolute atomic E-state index is 14.8. The molecule has 0 aliphatic carbocycles. The Labute approximate surface area is 189 Å². The quantitative estimate of drug-likeness (QED) is 0.583. The maximum Gasteiger partial charge on any atom is 0.131 e. The fourth-order valence-corrected chi connectivity index (χ4v) is 5.42. The van der Waals surface area contributed by atoms with Gasteiger partial charge >= 0.3 is 0 Å². The van der Waals surface area contributed by atoms with Crippen LogP contribution in [0.5, 0.6) is 0 Å². The molecule has 2 saturated heterocycles. The van der Waals surface area contributed by atoms with Crippen LogP contribution < -0.4 is 11.1 Å². The Bertz CT molecular complexity index is 1110. The van der Waals surface area contributed by atoms with Crippen molar-refractivity contribution in [1.82, 2.24) is 14.8 Å². The number of nitrogens with one attached hydrogen (secondary N) is 1. The molecule has 168 valence electrons. The topological polar surface area (TPSA) is 57.4 Å². The third kappa shape index (κ3) is 4.05. The van der Waals surface area contributed by atoms with Crippen molar-refractivity contribution in [2.24, 2.45) is 0 Å². The Morgan fingerprint density at radius 3 is 2.75 bits per heavy atom. The summed E-state index contributed by atoms with van der Waals surface area (Å²) in [6.45, 7) is 8.34. The number of rotatable bonds is 7. The van der Waals surface area contributed by atoms with E-state index in [1.165, 1.54) is 13.0 Å². The van der Waals surface area contributed by atoms with E-state index in [2.05, 4.69) is 40.0 Å². The van der Waals surface area contributed by atoms with E-state index in [1.54, 1.807) is 12.3 Å². The highest BCUT2D eigenvalue weighted by molar-refractivity contribution is 5.99. The number of piperazine rings is 1. The van der Waals surface area contributed by atoms with Crippen LogP contribution in [0.2, 0.25) is 0 Å². The first-order chi connectivity index (χ1) is 15.5. The second kappa shape index (κ2) is 8.68. The van der Waals surface area contributed by atoms with Crippen LogP contribution in [0.15, 0.2) is 48.7 Å². The van der Waals surface area contributed by atoms with Crippen molar-refractivity contribution in [2.45, 2.75) is 51.4 Å². The molecule has 3 aromatic rings. The lowest BCUT2D eigenvalue weighted by atomic mass is 10.1. The number of likely N-dealkylation sites (tertiary alicyclic amines) is 2. The van der Waals surface area contributed by atoms with E-state index in [4.69, 9.17) is 5.73 Å². The van der Waals surface area contributed by atoms with Gasteiger partial charge in [-0.1, -0.05) is 24.3 Å². The van der Waals surface area contributed by atoms with Crippen molar-refractivity contribution < 1.29 is 4.39 Å². The van der Waals surface area contributed by atoms with Gasteiger partial charge in [0.2, 0.25) is 0 Å². The predicted octanol–water partition coefficient (Wildman–Crippen LogP) is 4.28. The third-order valence-electron chi connectivity index (χ3n) is 7.17. The van der Waals surface area contributed by atoms with Crippen LogP contribution in [0.25, 0.3) is 10.8 Å². The number of hydrogen-bond acceptors (Lipinski definition) is 5. The van der Waals surface area contributed by atoms with Crippen LogP contribution in [-0.2, 0) is 13.0 Å². The van der Waals surface area contributed by atoms with Crippen molar-refractivity contribution in [2.75, 3.05) is 30.7 Å². The Hall–Kier alpha value is -2.70. The van der Waals surface area contributed by atoms with Crippen LogP contribution in [0.4, 0.5) is 15.9 Å². The molecule has 2 aromatic carbocycles. The molecule has 3 heterocycles. The summed E-state index contributed by atoms with van der Waals surface area (Å²) in [6, 6.07) is 15.5. The van der Waals surface area contributed by atoms with E-state index < -0.39 is 0 Å². The van der Waals surface area contributed by atoms with Crippen molar-refractivity contribution in [3.05, 3.63) is 65.6 Å². The lowest BCUT2D eigenvalue weighted by Gasteiger charge is -2.36. The van der Waals surface area contributed by atoms with E-state index in [0.29, 0.717) is 36.1 Å². The number of nitrogens with zero attached hydrogens (tertiary/aromatic N) is 3. The molecule has 3 N–H and O–H groups in total. The van der Waals surface area contributed by atoms with E-state index >= 15 is 0 Å². The van der Waals surface area contributed by atoms with E-state index in [1.807, 2.05) is 30.3 Å². The Balaban J connectivity index is 1.19. The van der Waals surface area contributed by atoms with E-state index in [9.17, 15) is 4.39 Å². The lowest BCUT2D eigenvalue weighted by Crippen LogP contribution is -2.49. The highest BCUT2D eigenvalue weighted by atomic mass is 19.1. The molecular formula is C26H32FN5. The first-order valence-electron chi connectivity index (χ1n) is 11.6. The number of fused-ring (bicyclic) bond motifs is 3. The van der Waals surface area contributed by atoms with Crippen molar-refractivity contribution in [3.63, 3.8) is 0 Å². The average Bonchev–Trinajstić information content (AvgIpc) is 3.38. The van der Waals surface area contributed by atoms with Gasteiger partial charge in [0.25, 0.3) is 0 Å². The van der Waals surface area contributed by atoms with Gasteiger partial charge in [-0.2, -0.15) is 0 Å². The summed E-state index contributed by atoms with van der Waals surface area (Å²) in [7, 11) is 0. The Morgan fingerprint density at radius 1 is 1.12 bits per heavy atom. The summed E-state index contributed by atoms with van der Waals surface area (Å²) >= 11 is 0. The molecule has 0 saturated carbocycles.